The van der Waals surface area contributed by atoms with E-state index in [2.05, 4.69) is 5.32 Å². The Morgan fingerprint density at radius 3 is 2.24 bits per heavy atom. The Kier molecular flexibility index (Phi) is 5.78. The minimum Gasteiger partial charge on any atom is -0.481 e. The van der Waals surface area contributed by atoms with E-state index >= 15 is 0 Å². The van der Waals surface area contributed by atoms with E-state index in [1.54, 1.807) is 24.3 Å². The Balaban J connectivity index is 2.47. The summed E-state index contributed by atoms with van der Waals surface area (Å²) in [5.74, 6) is -0.771. The topological polar surface area (TPSA) is 83.5 Å². The molecule has 0 unspecified atom stereocenters. The van der Waals surface area contributed by atoms with Gasteiger partial charge >= 0.3 is 5.97 Å². The molecule has 21 heavy (non-hydrogen) atoms. The Bertz CT molecular complexity index is 576. The number of hydrogen-bond acceptors (Lipinski definition) is 4. The average Bonchev–Trinajstić information content (AvgIpc) is 2.36. The maximum Gasteiger partial charge on any atom is 0.303 e. The smallest absolute Gasteiger partial charge is 0.303 e. The number of nitrogens with one attached hydrogen (secondary N) is 1. The van der Waals surface area contributed by atoms with Gasteiger partial charge in [0.1, 0.15) is 0 Å². The second-order valence-electron chi connectivity index (χ2n) is 6.03. The number of sulfone groups is 1. The average molecular weight is 313 g/mol. The third-order valence-electron chi connectivity index (χ3n) is 3.43. The number of hydrogen-bond donors (Lipinski definition) is 2. The van der Waals surface area contributed by atoms with Crippen molar-refractivity contribution in [1.29, 1.82) is 0 Å². The highest BCUT2D eigenvalue weighted by Gasteiger charge is 2.18. The quantitative estimate of drug-likeness (QED) is 0.771. The first-order valence-corrected chi connectivity index (χ1v) is 8.75. The van der Waals surface area contributed by atoms with Crippen LogP contribution in [0.3, 0.4) is 0 Å². The van der Waals surface area contributed by atoms with Crippen LogP contribution in [0.1, 0.15) is 33.1 Å². The van der Waals surface area contributed by atoms with Gasteiger partial charge in [-0.15, -0.1) is 0 Å². The van der Waals surface area contributed by atoms with Gasteiger partial charge in [0.05, 0.1) is 4.90 Å². The lowest BCUT2D eigenvalue weighted by molar-refractivity contribution is -0.137. The first kappa shape index (κ1) is 17.5. The molecule has 0 amide bonds. The zero-order chi connectivity index (χ0) is 16.1. The van der Waals surface area contributed by atoms with Crippen LogP contribution in [0.4, 0.5) is 5.69 Å². The van der Waals surface area contributed by atoms with Crippen molar-refractivity contribution in [3.63, 3.8) is 0 Å². The molecule has 0 aliphatic rings. The number of carboxylic acid groups (broad SMARTS) is 1. The highest BCUT2D eigenvalue weighted by molar-refractivity contribution is 7.90. The predicted octanol–water partition coefficient (Wildman–Crippen LogP) is 2.78. The van der Waals surface area contributed by atoms with E-state index < -0.39 is 15.8 Å². The number of aliphatic carboxylic acids is 1. The molecular formula is C15H23NO4S. The molecule has 1 aromatic carbocycles. The Morgan fingerprint density at radius 1 is 1.19 bits per heavy atom. The molecule has 0 aliphatic carbocycles. The van der Waals surface area contributed by atoms with E-state index in [1.165, 1.54) is 6.26 Å². The number of benzene rings is 1. The van der Waals surface area contributed by atoms with Gasteiger partial charge in [-0.2, -0.15) is 0 Å². The third-order valence-corrected chi connectivity index (χ3v) is 4.56. The fourth-order valence-electron chi connectivity index (χ4n) is 1.94. The van der Waals surface area contributed by atoms with E-state index in [4.69, 9.17) is 5.11 Å². The normalized spacial score (nSPS) is 12.1. The molecule has 5 nitrogen and oxygen atoms in total. The number of carboxylic acids is 1. The van der Waals surface area contributed by atoms with Crippen molar-refractivity contribution in [1.82, 2.24) is 0 Å². The number of anilines is 1. The van der Waals surface area contributed by atoms with Crippen molar-refractivity contribution < 1.29 is 18.3 Å². The van der Waals surface area contributed by atoms with Crippen molar-refractivity contribution >= 4 is 21.5 Å². The number of rotatable bonds is 8. The molecule has 2 N–H and O–H groups in total. The van der Waals surface area contributed by atoms with Crippen LogP contribution < -0.4 is 5.32 Å². The summed E-state index contributed by atoms with van der Waals surface area (Å²) in [4.78, 5) is 10.9. The van der Waals surface area contributed by atoms with Gasteiger partial charge in [-0.05, 0) is 42.5 Å². The molecule has 0 bridgehead atoms. The first-order chi connectivity index (χ1) is 9.60. The third kappa shape index (κ3) is 6.62. The summed E-state index contributed by atoms with van der Waals surface area (Å²) < 4.78 is 22.7. The fourth-order valence-corrected chi connectivity index (χ4v) is 2.57. The first-order valence-electron chi connectivity index (χ1n) is 6.86. The minimum absolute atomic E-state index is 0.0436. The molecular weight excluding hydrogens is 290 g/mol. The van der Waals surface area contributed by atoms with Crippen LogP contribution in [0.2, 0.25) is 0 Å². The van der Waals surface area contributed by atoms with Crippen LogP contribution >= 0.6 is 0 Å². The van der Waals surface area contributed by atoms with Gasteiger partial charge in [0.25, 0.3) is 0 Å². The molecule has 0 aliphatic heterocycles. The van der Waals surface area contributed by atoms with Crippen molar-refractivity contribution in [2.75, 3.05) is 18.1 Å². The van der Waals surface area contributed by atoms with Crippen LogP contribution in [0.25, 0.3) is 0 Å². The molecule has 0 spiro atoms. The summed E-state index contributed by atoms with van der Waals surface area (Å²) in [7, 11) is -3.16. The standard InChI is InChI=1S/C15H23NO4S/c1-15(2,9-8-14(17)18)10-11-16-12-4-6-13(7-5-12)21(3,19)20/h4-7,16H,8-11H2,1-3H3,(H,17,18). The van der Waals surface area contributed by atoms with E-state index in [9.17, 15) is 13.2 Å². The van der Waals surface area contributed by atoms with Crippen molar-refractivity contribution in [3.8, 4) is 0 Å². The van der Waals surface area contributed by atoms with Gasteiger partial charge in [0.2, 0.25) is 0 Å². The maximum absolute atomic E-state index is 11.3. The highest BCUT2D eigenvalue weighted by atomic mass is 32.2. The van der Waals surface area contributed by atoms with Crippen molar-refractivity contribution in [2.45, 2.75) is 38.0 Å². The van der Waals surface area contributed by atoms with Crippen molar-refractivity contribution in [2.24, 2.45) is 5.41 Å². The molecule has 118 valence electrons. The molecule has 1 rings (SSSR count). The monoisotopic (exact) mass is 313 g/mol. The maximum atomic E-state index is 11.3. The van der Waals surface area contributed by atoms with Gasteiger partial charge in [-0.1, -0.05) is 13.8 Å². The zero-order valence-electron chi connectivity index (χ0n) is 12.7. The van der Waals surface area contributed by atoms with E-state index in [1.807, 2.05) is 13.8 Å². The molecule has 0 heterocycles. The lowest BCUT2D eigenvalue weighted by atomic mass is 9.84. The Labute approximate surface area is 126 Å². The highest BCUT2D eigenvalue weighted by Crippen LogP contribution is 2.26. The van der Waals surface area contributed by atoms with Crippen LogP contribution in [0, 0.1) is 5.41 Å². The molecule has 0 atom stereocenters. The lowest BCUT2D eigenvalue weighted by Crippen LogP contribution is -2.18. The largest absolute Gasteiger partial charge is 0.481 e. The van der Waals surface area contributed by atoms with Crippen LogP contribution in [0.5, 0.6) is 0 Å². The van der Waals surface area contributed by atoms with Gasteiger partial charge in [0.15, 0.2) is 9.84 Å². The molecule has 6 heteroatoms. The summed E-state index contributed by atoms with van der Waals surface area (Å²) in [5, 5.41) is 11.9. The molecule has 0 radical (unpaired) electrons. The second-order valence-corrected chi connectivity index (χ2v) is 8.05. The van der Waals surface area contributed by atoms with Crippen LogP contribution in [-0.2, 0) is 14.6 Å². The van der Waals surface area contributed by atoms with Crippen LogP contribution in [-0.4, -0.2) is 32.3 Å². The van der Waals surface area contributed by atoms with Gasteiger partial charge in [-0.25, -0.2) is 8.42 Å². The molecule has 0 saturated carbocycles. The molecule has 0 fully saturated rings. The Hall–Kier alpha value is -1.56. The molecule has 1 aromatic rings. The van der Waals surface area contributed by atoms with Gasteiger partial charge in [-0.3, -0.25) is 4.79 Å². The summed E-state index contributed by atoms with van der Waals surface area (Å²) in [5.41, 5.74) is 0.814. The lowest BCUT2D eigenvalue weighted by Gasteiger charge is -2.24. The summed E-state index contributed by atoms with van der Waals surface area (Å²) in [6.07, 6.45) is 2.83. The minimum atomic E-state index is -3.16. The van der Waals surface area contributed by atoms with Crippen LogP contribution in [0.15, 0.2) is 29.2 Å². The summed E-state index contributed by atoms with van der Waals surface area (Å²) in [6, 6.07) is 6.63. The Morgan fingerprint density at radius 2 is 1.76 bits per heavy atom. The zero-order valence-corrected chi connectivity index (χ0v) is 13.5. The summed E-state index contributed by atoms with van der Waals surface area (Å²) in [6.45, 7) is 4.81. The second kappa shape index (κ2) is 6.93. The summed E-state index contributed by atoms with van der Waals surface area (Å²) >= 11 is 0. The number of carbonyl (C=O) groups is 1. The van der Waals surface area contributed by atoms with E-state index in [0.29, 0.717) is 17.9 Å². The van der Waals surface area contributed by atoms with Gasteiger partial charge < -0.3 is 10.4 Å². The molecule has 0 saturated heterocycles. The predicted molar refractivity (Wildman–Crippen MR) is 83.3 cm³/mol. The van der Waals surface area contributed by atoms with Crippen molar-refractivity contribution in [3.05, 3.63) is 24.3 Å². The van der Waals surface area contributed by atoms with Gasteiger partial charge in [0, 0.05) is 24.9 Å². The fraction of sp³-hybridized carbons (Fsp3) is 0.533. The molecule has 0 aromatic heterocycles. The SMILES string of the molecule is CC(C)(CCNc1ccc(S(C)(=O)=O)cc1)CCC(=O)O. The van der Waals surface area contributed by atoms with E-state index in [0.717, 1.165) is 12.1 Å². The van der Waals surface area contributed by atoms with E-state index in [-0.39, 0.29) is 11.8 Å².